The minimum atomic E-state index is 0.697. The van der Waals surface area contributed by atoms with Gasteiger partial charge in [-0.25, -0.2) is 0 Å². The lowest BCUT2D eigenvalue weighted by atomic mass is 9.96. The second kappa shape index (κ2) is 4.38. The maximum atomic E-state index is 9.08. The van der Waals surface area contributed by atoms with Crippen molar-refractivity contribution in [1.82, 2.24) is 0 Å². The summed E-state index contributed by atoms with van der Waals surface area (Å²) in [6, 6.07) is 15.5. The molecule has 2 rings (SSSR count). The smallest absolute Gasteiger partial charge is 0.0998 e. The SMILES string of the molecule is Cc1cccc(C#N)c1-c1ccc(Cl)cc1. The molecule has 0 aromatic heterocycles. The number of halogens is 1. The van der Waals surface area contributed by atoms with E-state index in [1.165, 1.54) is 0 Å². The number of rotatable bonds is 1. The van der Waals surface area contributed by atoms with Crippen LogP contribution in [-0.4, -0.2) is 0 Å². The van der Waals surface area contributed by atoms with E-state index in [9.17, 15) is 0 Å². The normalized spacial score (nSPS) is 9.81. The molecular weight excluding hydrogens is 218 g/mol. The Morgan fingerprint density at radius 2 is 1.75 bits per heavy atom. The standard InChI is InChI=1S/C14H10ClN/c1-10-3-2-4-12(9-16)14(10)11-5-7-13(15)8-6-11/h2-8H,1H3. The molecule has 0 spiro atoms. The van der Waals surface area contributed by atoms with Crippen LogP contribution in [0, 0.1) is 18.3 Å². The first-order valence-corrected chi connectivity index (χ1v) is 5.36. The Morgan fingerprint density at radius 3 is 2.38 bits per heavy atom. The van der Waals surface area contributed by atoms with Crippen LogP contribution >= 0.6 is 11.6 Å². The summed E-state index contributed by atoms with van der Waals surface area (Å²) in [5.41, 5.74) is 3.81. The summed E-state index contributed by atoms with van der Waals surface area (Å²) in [6.07, 6.45) is 0. The van der Waals surface area contributed by atoms with E-state index in [0.717, 1.165) is 16.7 Å². The first kappa shape index (κ1) is 10.7. The van der Waals surface area contributed by atoms with E-state index < -0.39 is 0 Å². The Labute approximate surface area is 99.9 Å². The third-order valence-corrected chi connectivity index (χ3v) is 2.78. The van der Waals surface area contributed by atoms with E-state index >= 15 is 0 Å². The number of nitriles is 1. The molecule has 0 aliphatic rings. The second-order valence-corrected chi connectivity index (χ2v) is 4.05. The third-order valence-electron chi connectivity index (χ3n) is 2.53. The van der Waals surface area contributed by atoms with Gasteiger partial charge in [-0.15, -0.1) is 0 Å². The average Bonchev–Trinajstić information content (AvgIpc) is 2.30. The molecule has 2 heteroatoms. The lowest BCUT2D eigenvalue weighted by Crippen LogP contribution is -1.88. The molecule has 2 aromatic carbocycles. The van der Waals surface area contributed by atoms with Gasteiger partial charge in [-0.1, -0.05) is 35.9 Å². The van der Waals surface area contributed by atoms with Crippen molar-refractivity contribution in [2.45, 2.75) is 6.92 Å². The molecule has 0 saturated carbocycles. The average molecular weight is 228 g/mol. The van der Waals surface area contributed by atoms with Gasteiger partial charge in [0.05, 0.1) is 11.6 Å². The largest absolute Gasteiger partial charge is 0.192 e. The van der Waals surface area contributed by atoms with Crippen molar-refractivity contribution in [3.8, 4) is 17.2 Å². The lowest BCUT2D eigenvalue weighted by molar-refractivity contribution is 1.41. The van der Waals surface area contributed by atoms with Crippen LogP contribution in [0.1, 0.15) is 11.1 Å². The molecule has 0 saturated heterocycles. The van der Waals surface area contributed by atoms with Crippen molar-refractivity contribution < 1.29 is 0 Å². The fraction of sp³-hybridized carbons (Fsp3) is 0.0714. The number of benzene rings is 2. The van der Waals surface area contributed by atoms with Gasteiger partial charge in [0.1, 0.15) is 0 Å². The van der Waals surface area contributed by atoms with Crippen LogP contribution < -0.4 is 0 Å². The molecule has 0 aliphatic heterocycles. The molecule has 0 amide bonds. The molecule has 78 valence electrons. The van der Waals surface area contributed by atoms with Crippen LogP contribution in [0.5, 0.6) is 0 Å². The van der Waals surface area contributed by atoms with Crippen LogP contribution in [0.25, 0.3) is 11.1 Å². The fourth-order valence-electron chi connectivity index (χ4n) is 1.76. The molecule has 2 aromatic rings. The van der Waals surface area contributed by atoms with Crippen LogP contribution in [0.15, 0.2) is 42.5 Å². The summed E-state index contributed by atoms with van der Waals surface area (Å²) < 4.78 is 0. The summed E-state index contributed by atoms with van der Waals surface area (Å²) >= 11 is 5.85. The van der Waals surface area contributed by atoms with Gasteiger partial charge < -0.3 is 0 Å². The molecule has 0 heterocycles. The molecule has 0 atom stereocenters. The first-order valence-electron chi connectivity index (χ1n) is 4.98. The number of aryl methyl sites for hydroxylation is 1. The molecule has 0 radical (unpaired) electrons. The predicted octanol–water partition coefficient (Wildman–Crippen LogP) is 4.19. The van der Waals surface area contributed by atoms with Crippen molar-refractivity contribution in [2.75, 3.05) is 0 Å². The van der Waals surface area contributed by atoms with Gasteiger partial charge in [-0.2, -0.15) is 5.26 Å². The number of nitrogens with zero attached hydrogens (tertiary/aromatic N) is 1. The monoisotopic (exact) mass is 227 g/mol. The topological polar surface area (TPSA) is 23.8 Å². The van der Waals surface area contributed by atoms with Crippen LogP contribution in [0.2, 0.25) is 5.02 Å². The van der Waals surface area contributed by atoms with E-state index in [1.807, 2.05) is 49.4 Å². The van der Waals surface area contributed by atoms with E-state index in [-0.39, 0.29) is 0 Å². The number of hydrogen-bond acceptors (Lipinski definition) is 1. The maximum Gasteiger partial charge on any atom is 0.0998 e. The molecule has 1 nitrogen and oxygen atoms in total. The van der Waals surface area contributed by atoms with Gasteiger partial charge in [0, 0.05) is 10.6 Å². The highest BCUT2D eigenvalue weighted by Gasteiger charge is 2.07. The van der Waals surface area contributed by atoms with Crippen molar-refractivity contribution >= 4 is 11.6 Å². The summed E-state index contributed by atoms with van der Waals surface area (Å²) in [7, 11) is 0. The van der Waals surface area contributed by atoms with Gasteiger partial charge in [0.2, 0.25) is 0 Å². The maximum absolute atomic E-state index is 9.08. The van der Waals surface area contributed by atoms with E-state index in [2.05, 4.69) is 6.07 Å². The highest BCUT2D eigenvalue weighted by molar-refractivity contribution is 6.30. The summed E-state index contributed by atoms with van der Waals surface area (Å²) in [5, 5.41) is 9.79. The van der Waals surface area contributed by atoms with Crippen molar-refractivity contribution in [3.63, 3.8) is 0 Å². The Balaban J connectivity index is 2.64. The molecule has 0 N–H and O–H groups in total. The lowest BCUT2D eigenvalue weighted by Gasteiger charge is -2.08. The van der Waals surface area contributed by atoms with Crippen molar-refractivity contribution in [2.24, 2.45) is 0 Å². The molecule has 0 bridgehead atoms. The quantitative estimate of drug-likeness (QED) is 0.717. The van der Waals surface area contributed by atoms with Gasteiger partial charge >= 0.3 is 0 Å². The molecule has 0 unspecified atom stereocenters. The zero-order chi connectivity index (χ0) is 11.5. The Morgan fingerprint density at radius 1 is 1.06 bits per heavy atom. The second-order valence-electron chi connectivity index (χ2n) is 3.62. The van der Waals surface area contributed by atoms with Gasteiger partial charge in [-0.3, -0.25) is 0 Å². The highest BCUT2D eigenvalue weighted by Crippen LogP contribution is 2.27. The van der Waals surface area contributed by atoms with Crippen molar-refractivity contribution in [3.05, 3.63) is 58.6 Å². The van der Waals surface area contributed by atoms with Crippen LogP contribution in [-0.2, 0) is 0 Å². The van der Waals surface area contributed by atoms with Crippen LogP contribution in [0.3, 0.4) is 0 Å². The van der Waals surface area contributed by atoms with Gasteiger partial charge in [0.25, 0.3) is 0 Å². The fourth-order valence-corrected chi connectivity index (χ4v) is 1.89. The highest BCUT2D eigenvalue weighted by atomic mass is 35.5. The zero-order valence-electron chi connectivity index (χ0n) is 8.87. The van der Waals surface area contributed by atoms with E-state index in [1.54, 1.807) is 0 Å². The van der Waals surface area contributed by atoms with Crippen LogP contribution in [0.4, 0.5) is 0 Å². The minimum Gasteiger partial charge on any atom is -0.192 e. The molecule has 0 aliphatic carbocycles. The Bertz CT molecular complexity index is 550. The number of hydrogen-bond donors (Lipinski definition) is 0. The zero-order valence-corrected chi connectivity index (χ0v) is 9.62. The van der Waals surface area contributed by atoms with Crippen molar-refractivity contribution in [1.29, 1.82) is 5.26 Å². The summed E-state index contributed by atoms with van der Waals surface area (Å²) in [5.74, 6) is 0. The third kappa shape index (κ3) is 1.93. The molecular formula is C14H10ClN. The summed E-state index contributed by atoms with van der Waals surface area (Å²) in [4.78, 5) is 0. The Hall–Kier alpha value is -1.78. The molecule has 0 fully saturated rings. The van der Waals surface area contributed by atoms with E-state index in [4.69, 9.17) is 16.9 Å². The predicted molar refractivity (Wildman–Crippen MR) is 66.3 cm³/mol. The van der Waals surface area contributed by atoms with Gasteiger partial charge in [-0.05, 0) is 36.2 Å². The van der Waals surface area contributed by atoms with Gasteiger partial charge in [0.15, 0.2) is 0 Å². The Kier molecular flexibility index (Phi) is 2.94. The summed E-state index contributed by atoms with van der Waals surface area (Å²) in [6.45, 7) is 2.00. The minimum absolute atomic E-state index is 0.697. The molecule has 16 heavy (non-hydrogen) atoms. The van der Waals surface area contributed by atoms with E-state index in [0.29, 0.717) is 10.6 Å². The first-order chi connectivity index (χ1) is 7.72.